The molecule has 0 aliphatic rings. The van der Waals surface area contributed by atoms with Gasteiger partial charge < -0.3 is 0 Å². The smallest absolute Gasteiger partial charge is 0.231 e. The molecular weight excluding hydrogens is 200 g/mol. The van der Waals surface area contributed by atoms with Crippen LogP contribution in [0.5, 0.6) is 0 Å². The molecule has 0 spiro atoms. The van der Waals surface area contributed by atoms with Crippen molar-refractivity contribution >= 4 is 5.91 Å². The van der Waals surface area contributed by atoms with Crippen molar-refractivity contribution in [1.82, 2.24) is 9.55 Å². The molecule has 0 aliphatic heterocycles. The van der Waals surface area contributed by atoms with Crippen molar-refractivity contribution < 1.29 is 4.79 Å². The molecule has 3 nitrogen and oxygen atoms in total. The van der Waals surface area contributed by atoms with Crippen molar-refractivity contribution in [3.8, 4) is 0 Å². The Morgan fingerprint density at radius 3 is 2.44 bits per heavy atom. The van der Waals surface area contributed by atoms with Crippen LogP contribution in [0.2, 0.25) is 0 Å². The Hall–Kier alpha value is -1.12. The highest BCUT2D eigenvalue weighted by Crippen LogP contribution is 2.08. The van der Waals surface area contributed by atoms with Gasteiger partial charge in [0.05, 0.1) is 0 Å². The lowest BCUT2D eigenvalue weighted by molar-refractivity contribution is 0.0899. The molecule has 3 heteroatoms. The summed E-state index contributed by atoms with van der Waals surface area (Å²) < 4.78 is 1.57. The number of rotatable bonds is 8. The number of hydrogen-bond acceptors (Lipinski definition) is 2. The van der Waals surface area contributed by atoms with E-state index in [1.807, 2.05) is 0 Å². The molecule has 1 rings (SSSR count). The second-order valence-corrected chi connectivity index (χ2v) is 4.24. The molecule has 0 aromatic carbocycles. The molecule has 1 heterocycles. The van der Waals surface area contributed by atoms with Gasteiger partial charge in [0, 0.05) is 18.8 Å². The van der Waals surface area contributed by atoms with E-state index < -0.39 is 0 Å². The van der Waals surface area contributed by atoms with E-state index in [9.17, 15) is 4.79 Å². The predicted octanol–water partition coefficient (Wildman–Crippen LogP) is 3.66. The number of nitrogens with zero attached hydrogens (tertiary/aromatic N) is 2. The first-order valence-corrected chi connectivity index (χ1v) is 6.35. The Morgan fingerprint density at radius 1 is 1.12 bits per heavy atom. The van der Waals surface area contributed by atoms with E-state index in [0.29, 0.717) is 6.42 Å². The van der Waals surface area contributed by atoms with Gasteiger partial charge in [-0.3, -0.25) is 9.36 Å². The highest BCUT2D eigenvalue weighted by Gasteiger charge is 2.02. The van der Waals surface area contributed by atoms with Crippen LogP contribution >= 0.6 is 0 Å². The van der Waals surface area contributed by atoms with Crippen LogP contribution in [0.25, 0.3) is 0 Å². The molecule has 1 aromatic heterocycles. The van der Waals surface area contributed by atoms with Crippen LogP contribution in [0.1, 0.15) is 63.1 Å². The Labute approximate surface area is 97.9 Å². The molecule has 0 saturated carbocycles. The molecule has 0 N–H and O–H groups in total. The standard InChI is InChI=1S/C13H22N2O/c1-2-3-4-5-6-7-8-9-13(16)15-11-10-14-12-15/h10-12H,2-9H2,1H3. The summed E-state index contributed by atoms with van der Waals surface area (Å²) in [5.41, 5.74) is 0. The van der Waals surface area contributed by atoms with E-state index in [2.05, 4.69) is 11.9 Å². The monoisotopic (exact) mass is 222 g/mol. The summed E-state index contributed by atoms with van der Waals surface area (Å²) in [6.07, 6.45) is 14.3. The largest absolute Gasteiger partial charge is 0.276 e. The van der Waals surface area contributed by atoms with Crippen molar-refractivity contribution in [2.45, 2.75) is 58.3 Å². The molecule has 0 fully saturated rings. The predicted molar refractivity (Wildman–Crippen MR) is 65.5 cm³/mol. The van der Waals surface area contributed by atoms with Crippen LogP contribution in [0.15, 0.2) is 18.7 Å². The summed E-state index contributed by atoms with van der Waals surface area (Å²) in [6, 6.07) is 0. The highest BCUT2D eigenvalue weighted by molar-refractivity contribution is 5.78. The van der Waals surface area contributed by atoms with E-state index in [1.54, 1.807) is 23.3 Å². The van der Waals surface area contributed by atoms with Gasteiger partial charge in [0.2, 0.25) is 5.91 Å². The Kier molecular flexibility index (Phi) is 6.54. The third-order valence-electron chi connectivity index (χ3n) is 2.79. The van der Waals surface area contributed by atoms with Crippen LogP contribution in [0, 0.1) is 0 Å². The Balaban J connectivity index is 1.97. The van der Waals surface area contributed by atoms with Crippen molar-refractivity contribution in [1.29, 1.82) is 0 Å². The summed E-state index contributed by atoms with van der Waals surface area (Å²) in [4.78, 5) is 15.4. The van der Waals surface area contributed by atoms with Gasteiger partial charge >= 0.3 is 0 Å². The van der Waals surface area contributed by atoms with E-state index in [4.69, 9.17) is 0 Å². The number of aromatic nitrogens is 2. The number of carbonyl (C=O) groups is 1. The highest BCUT2D eigenvalue weighted by atomic mass is 16.2. The quantitative estimate of drug-likeness (QED) is 0.629. The lowest BCUT2D eigenvalue weighted by atomic mass is 10.1. The molecule has 0 amide bonds. The van der Waals surface area contributed by atoms with E-state index >= 15 is 0 Å². The minimum Gasteiger partial charge on any atom is -0.276 e. The van der Waals surface area contributed by atoms with Gasteiger partial charge in [0.15, 0.2) is 0 Å². The zero-order valence-electron chi connectivity index (χ0n) is 10.2. The molecule has 0 radical (unpaired) electrons. The van der Waals surface area contributed by atoms with Gasteiger partial charge in [-0.2, -0.15) is 0 Å². The van der Waals surface area contributed by atoms with E-state index in [-0.39, 0.29) is 5.91 Å². The van der Waals surface area contributed by atoms with Crippen molar-refractivity contribution in [3.05, 3.63) is 18.7 Å². The van der Waals surface area contributed by atoms with Crippen LogP contribution < -0.4 is 0 Å². The molecule has 0 aliphatic carbocycles. The summed E-state index contributed by atoms with van der Waals surface area (Å²) >= 11 is 0. The minimum atomic E-state index is 0.158. The topological polar surface area (TPSA) is 34.9 Å². The van der Waals surface area contributed by atoms with Gasteiger partial charge in [-0.05, 0) is 6.42 Å². The Bertz CT molecular complexity index is 280. The molecule has 1 aromatic rings. The third-order valence-corrected chi connectivity index (χ3v) is 2.79. The van der Waals surface area contributed by atoms with Crippen LogP contribution in [-0.4, -0.2) is 15.5 Å². The summed E-state index contributed by atoms with van der Waals surface area (Å²) in [6.45, 7) is 2.23. The van der Waals surface area contributed by atoms with Gasteiger partial charge in [-0.25, -0.2) is 4.98 Å². The van der Waals surface area contributed by atoms with Crippen LogP contribution in [0.4, 0.5) is 0 Å². The fourth-order valence-electron chi connectivity index (χ4n) is 1.77. The normalized spacial score (nSPS) is 10.6. The van der Waals surface area contributed by atoms with Gasteiger partial charge in [-0.15, -0.1) is 0 Å². The Morgan fingerprint density at radius 2 is 1.81 bits per heavy atom. The van der Waals surface area contributed by atoms with Crippen molar-refractivity contribution in [2.24, 2.45) is 0 Å². The SMILES string of the molecule is CCCCCCCCCC(=O)n1ccnc1. The maximum Gasteiger partial charge on any atom is 0.231 e. The minimum absolute atomic E-state index is 0.158. The van der Waals surface area contributed by atoms with Crippen molar-refractivity contribution in [2.75, 3.05) is 0 Å². The maximum atomic E-state index is 11.6. The molecule has 90 valence electrons. The third kappa shape index (κ3) is 5.10. The lowest BCUT2D eigenvalue weighted by Crippen LogP contribution is -2.07. The first-order chi connectivity index (χ1) is 7.84. The molecular formula is C13H22N2O. The van der Waals surface area contributed by atoms with Crippen molar-refractivity contribution in [3.63, 3.8) is 0 Å². The molecule has 0 saturated heterocycles. The first-order valence-electron chi connectivity index (χ1n) is 6.35. The zero-order chi connectivity index (χ0) is 11.6. The zero-order valence-corrected chi connectivity index (χ0v) is 10.2. The average Bonchev–Trinajstić information content (AvgIpc) is 2.81. The maximum absolute atomic E-state index is 11.6. The fraction of sp³-hybridized carbons (Fsp3) is 0.692. The summed E-state index contributed by atoms with van der Waals surface area (Å²) in [5, 5.41) is 0. The summed E-state index contributed by atoms with van der Waals surface area (Å²) in [7, 11) is 0. The number of unbranched alkanes of at least 4 members (excludes halogenated alkanes) is 6. The molecule has 0 atom stereocenters. The second-order valence-electron chi connectivity index (χ2n) is 4.24. The van der Waals surface area contributed by atoms with Gasteiger partial charge in [0.1, 0.15) is 6.33 Å². The van der Waals surface area contributed by atoms with Crippen LogP contribution in [0.3, 0.4) is 0 Å². The number of carbonyl (C=O) groups excluding carboxylic acids is 1. The average molecular weight is 222 g/mol. The molecule has 0 unspecified atom stereocenters. The van der Waals surface area contributed by atoms with Gasteiger partial charge in [0.25, 0.3) is 0 Å². The molecule has 16 heavy (non-hydrogen) atoms. The molecule has 0 bridgehead atoms. The fourth-order valence-corrected chi connectivity index (χ4v) is 1.77. The van der Waals surface area contributed by atoms with Gasteiger partial charge in [-0.1, -0.05) is 45.4 Å². The number of imidazole rings is 1. The first kappa shape index (κ1) is 12.9. The van der Waals surface area contributed by atoms with E-state index in [1.165, 1.54) is 38.5 Å². The van der Waals surface area contributed by atoms with E-state index in [0.717, 1.165) is 6.42 Å². The van der Waals surface area contributed by atoms with Crippen LogP contribution in [-0.2, 0) is 0 Å². The lowest BCUT2D eigenvalue weighted by Gasteiger charge is -2.01. The summed E-state index contributed by atoms with van der Waals surface area (Å²) in [5.74, 6) is 0.158. The number of hydrogen-bond donors (Lipinski definition) is 0. The second kappa shape index (κ2) is 8.08.